The molecule has 0 fully saturated rings. The molecule has 0 radical (unpaired) electrons. The molecule has 2 aromatic rings. The number of rotatable bonds is 15. The lowest BCUT2D eigenvalue weighted by molar-refractivity contribution is -0.128. The van der Waals surface area contributed by atoms with Crippen LogP contribution in [0.1, 0.15) is 49.7 Å². The third-order valence-corrected chi connectivity index (χ3v) is 5.41. The fourth-order valence-electron chi connectivity index (χ4n) is 3.51. The molecular formula is C27H35N3O4. The Morgan fingerprint density at radius 2 is 1.47 bits per heavy atom. The minimum absolute atomic E-state index is 0.0854. The van der Waals surface area contributed by atoms with Gasteiger partial charge >= 0.3 is 6.09 Å². The minimum Gasteiger partial charge on any atom is -0.445 e. The van der Waals surface area contributed by atoms with E-state index in [2.05, 4.69) is 17.2 Å². The van der Waals surface area contributed by atoms with Gasteiger partial charge in [0.05, 0.1) is 0 Å². The van der Waals surface area contributed by atoms with E-state index in [-0.39, 0.29) is 13.0 Å². The average Bonchev–Trinajstić information content (AvgIpc) is 2.84. The Morgan fingerprint density at radius 3 is 2.09 bits per heavy atom. The van der Waals surface area contributed by atoms with Crippen LogP contribution in [-0.4, -0.2) is 30.0 Å². The number of alkyl carbamates (subject to hydrolysis) is 1. The van der Waals surface area contributed by atoms with E-state index in [1.165, 1.54) is 0 Å². The Balaban J connectivity index is 1.96. The fourth-order valence-corrected chi connectivity index (χ4v) is 3.51. The van der Waals surface area contributed by atoms with Gasteiger partial charge in [0, 0.05) is 6.42 Å². The number of nitrogens with one attached hydrogen (secondary N) is 2. The van der Waals surface area contributed by atoms with E-state index in [9.17, 15) is 14.4 Å². The van der Waals surface area contributed by atoms with Gasteiger partial charge in [-0.3, -0.25) is 9.59 Å². The van der Waals surface area contributed by atoms with Gasteiger partial charge < -0.3 is 21.1 Å². The van der Waals surface area contributed by atoms with Crippen LogP contribution in [0.15, 0.2) is 73.3 Å². The van der Waals surface area contributed by atoms with Crippen molar-refractivity contribution in [2.24, 2.45) is 5.73 Å². The molecule has 0 bridgehead atoms. The molecule has 0 aliphatic rings. The summed E-state index contributed by atoms with van der Waals surface area (Å²) in [6.45, 7) is 3.79. The van der Waals surface area contributed by atoms with Crippen molar-refractivity contribution in [1.82, 2.24) is 10.6 Å². The quantitative estimate of drug-likeness (QED) is 0.272. The number of benzene rings is 2. The molecule has 7 heteroatoms. The summed E-state index contributed by atoms with van der Waals surface area (Å²) >= 11 is 0. The van der Waals surface area contributed by atoms with Gasteiger partial charge in [0.25, 0.3) is 0 Å². The number of unbranched alkanes of at least 4 members (excludes halogenated alkanes) is 4. The molecule has 0 aromatic heterocycles. The summed E-state index contributed by atoms with van der Waals surface area (Å²) in [4.78, 5) is 37.4. The number of carbonyl (C=O) groups is 3. The Hall–Kier alpha value is -3.61. The topological polar surface area (TPSA) is 111 Å². The molecule has 0 heterocycles. The molecule has 0 spiro atoms. The SMILES string of the molecule is C=CCCCCCC[C@H](NC(=O)[C@@H](Cc1ccccc1)NC(=O)OCc1ccccc1)C(N)=O. The number of carbonyl (C=O) groups excluding carboxylic acids is 3. The number of primary amides is 1. The number of allylic oxidation sites excluding steroid dienone is 1. The molecule has 0 unspecified atom stereocenters. The van der Waals surface area contributed by atoms with E-state index in [4.69, 9.17) is 10.5 Å². The van der Waals surface area contributed by atoms with E-state index in [0.29, 0.717) is 6.42 Å². The molecule has 0 saturated carbocycles. The molecule has 0 aliphatic heterocycles. The molecule has 2 aromatic carbocycles. The van der Waals surface area contributed by atoms with Crippen LogP contribution < -0.4 is 16.4 Å². The molecule has 3 amide bonds. The van der Waals surface area contributed by atoms with Gasteiger partial charge in [-0.2, -0.15) is 0 Å². The lowest BCUT2D eigenvalue weighted by Crippen LogP contribution is -2.53. The van der Waals surface area contributed by atoms with Crippen LogP contribution >= 0.6 is 0 Å². The van der Waals surface area contributed by atoms with Crippen molar-refractivity contribution < 1.29 is 19.1 Å². The van der Waals surface area contributed by atoms with Crippen molar-refractivity contribution >= 4 is 17.9 Å². The summed E-state index contributed by atoms with van der Waals surface area (Å²) in [6.07, 6.45) is 6.61. The summed E-state index contributed by atoms with van der Waals surface area (Å²) < 4.78 is 5.28. The van der Waals surface area contributed by atoms with Crippen molar-refractivity contribution in [1.29, 1.82) is 0 Å². The molecule has 0 aliphatic carbocycles. The maximum absolute atomic E-state index is 13.0. The first-order valence-electron chi connectivity index (χ1n) is 11.7. The van der Waals surface area contributed by atoms with Gasteiger partial charge in [-0.15, -0.1) is 6.58 Å². The highest BCUT2D eigenvalue weighted by Gasteiger charge is 2.26. The van der Waals surface area contributed by atoms with Crippen LogP contribution in [0, 0.1) is 0 Å². The predicted octanol–water partition coefficient (Wildman–Crippen LogP) is 4.02. The first kappa shape index (κ1) is 26.6. The molecule has 2 atom stereocenters. The number of hydrogen-bond acceptors (Lipinski definition) is 4. The molecule has 4 N–H and O–H groups in total. The summed E-state index contributed by atoms with van der Waals surface area (Å²) in [7, 11) is 0. The zero-order valence-corrected chi connectivity index (χ0v) is 19.6. The largest absolute Gasteiger partial charge is 0.445 e. The maximum Gasteiger partial charge on any atom is 0.408 e. The van der Waals surface area contributed by atoms with Gasteiger partial charge in [-0.25, -0.2) is 4.79 Å². The Morgan fingerprint density at radius 1 is 0.853 bits per heavy atom. The number of hydrogen-bond donors (Lipinski definition) is 3. The molecule has 2 rings (SSSR count). The normalized spacial score (nSPS) is 12.2. The smallest absolute Gasteiger partial charge is 0.408 e. The van der Waals surface area contributed by atoms with E-state index in [0.717, 1.165) is 43.2 Å². The van der Waals surface area contributed by atoms with Gasteiger partial charge in [0.15, 0.2) is 0 Å². The van der Waals surface area contributed by atoms with Crippen molar-refractivity contribution in [2.75, 3.05) is 0 Å². The van der Waals surface area contributed by atoms with Crippen molar-refractivity contribution in [3.63, 3.8) is 0 Å². The second-order valence-corrected chi connectivity index (χ2v) is 8.19. The van der Waals surface area contributed by atoms with E-state index in [1.54, 1.807) is 0 Å². The van der Waals surface area contributed by atoms with Crippen LogP contribution in [-0.2, 0) is 27.4 Å². The van der Waals surface area contributed by atoms with Crippen LogP contribution in [0.5, 0.6) is 0 Å². The highest BCUT2D eigenvalue weighted by Crippen LogP contribution is 2.10. The Bertz CT molecular complexity index is 903. The van der Waals surface area contributed by atoms with E-state index >= 15 is 0 Å². The first-order chi connectivity index (χ1) is 16.5. The van der Waals surface area contributed by atoms with Crippen molar-refractivity contribution in [2.45, 2.75) is 63.6 Å². The highest BCUT2D eigenvalue weighted by molar-refractivity contribution is 5.90. The maximum atomic E-state index is 13.0. The Labute approximate surface area is 201 Å². The van der Waals surface area contributed by atoms with Crippen LogP contribution in [0.25, 0.3) is 0 Å². The second kappa shape index (κ2) is 15.3. The number of nitrogens with two attached hydrogens (primary N) is 1. The van der Waals surface area contributed by atoms with Gasteiger partial charge in [0.1, 0.15) is 18.7 Å². The number of ether oxygens (including phenoxy) is 1. The second-order valence-electron chi connectivity index (χ2n) is 8.19. The predicted molar refractivity (Wildman–Crippen MR) is 133 cm³/mol. The summed E-state index contributed by atoms with van der Waals surface area (Å²) in [5, 5.41) is 5.35. The molecule has 182 valence electrons. The minimum atomic E-state index is -0.917. The summed E-state index contributed by atoms with van der Waals surface area (Å²) in [5.41, 5.74) is 7.24. The first-order valence-corrected chi connectivity index (χ1v) is 11.7. The fraction of sp³-hybridized carbons (Fsp3) is 0.370. The zero-order valence-electron chi connectivity index (χ0n) is 19.6. The Kier molecular flexibility index (Phi) is 12.0. The van der Waals surface area contributed by atoms with Crippen LogP contribution in [0.4, 0.5) is 4.79 Å². The molecule has 0 saturated heterocycles. The lowest BCUT2D eigenvalue weighted by Gasteiger charge is -2.22. The third kappa shape index (κ3) is 10.3. The molecular weight excluding hydrogens is 430 g/mol. The average molecular weight is 466 g/mol. The van der Waals surface area contributed by atoms with Crippen LogP contribution in [0.2, 0.25) is 0 Å². The van der Waals surface area contributed by atoms with Gasteiger partial charge in [-0.05, 0) is 30.4 Å². The van der Waals surface area contributed by atoms with Crippen molar-refractivity contribution in [3.05, 3.63) is 84.4 Å². The summed E-state index contributed by atoms with van der Waals surface area (Å²) in [5.74, 6) is -1.07. The standard InChI is InChI=1S/C27H35N3O4/c1-2-3-4-5-6-13-18-23(25(28)31)29-26(32)24(19-21-14-9-7-10-15-21)30-27(33)34-20-22-16-11-8-12-17-22/h2,7-12,14-17,23-24H,1,3-6,13,18-20H2,(H2,28,31)(H,29,32)(H,30,33)/t23-,24+/m0/s1. The molecule has 7 nitrogen and oxygen atoms in total. The van der Waals surface area contributed by atoms with Crippen molar-refractivity contribution in [3.8, 4) is 0 Å². The van der Waals surface area contributed by atoms with Gasteiger partial charge in [0.2, 0.25) is 11.8 Å². The van der Waals surface area contributed by atoms with Gasteiger partial charge in [-0.1, -0.05) is 86.0 Å². The summed E-state index contributed by atoms with van der Waals surface area (Å²) in [6, 6.07) is 16.9. The van der Waals surface area contributed by atoms with Crippen LogP contribution in [0.3, 0.4) is 0 Å². The monoisotopic (exact) mass is 465 g/mol. The number of amides is 3. The molecule has 34 heavy (non-hydrogen) atoms. The highest BCUT2D eigenvalue weighted by atomic mass is 16.5. The van der Waals surface area contributed by atoms with E-state index in [1.807, 2.05) is 66.7 Å². The third-order valence-electron chi connectivity index (χ3n) is 5.41. The zero-order chi connectivity index (χ0) is 24.6. The lowest BCUT2D eigenvalue weighted by atomic mass is 10.0. The van der Waals surface area contributed by atoms with E-state index < -0.39 is 30.0 Å².